The van der Waals surface area contributed by atoms with Crippen LogP contribution in [-0.2, 0) is 6.42 Å². The smallest absolute Gasteiger partial charge is 0.269 e. The third-order valence-electron chi connectivity index (χ3n) is 4.30. The summed E-state index contributed by atoms with van der Waals surface area (Å²) < 4.78 is 7.12. The van der Waals surface area contributed by atoms with E-state index in [1.54, 1.807) is 23.9 Å². The summed E-state index contributed by atoms with van der Waals surface area (Å²) in [6, 6.07) is 14.2. The largest absolute Gasteiger partial charge is 0.497 e. The zero-order chi connectivity index (χ0) is 17.4. The molecular formula is C18H16N4O3. The van der Waals surface area contributed by atoms with Crippen molar-refractivity contribution >= 4 is 11.5 Å². The number of ether oxygens (including phenoxy) is 1. The Bertz CT molecular complexity index is 947. The van der Waals surface area contributed by atoms with Crippen molar-refractivity contribution in [2.24, 2.45) is 0 Å². The molecule has 0 bridgehead atoms. The Kier molecular flexibility index (Phi) is 3.61. The molecule has 2 heterocycles. The van der Waals surface area contributed by atoms with E-state index in [4.69, 9.17) is 9.84 Å². The van der Waals surface area contributed by atoms with Gasteiger partial charge in [0.2, 0.25) is 0 Å². The minimum absolute atomic E-state index is 0.0635. The first-order chi connectivity index (χ1) is 12.2. The monoisotopic (exact) mass is 336 g/mol. The predicted molar refractivity (Wildman–Crippen MR) is 94.4 cm³/mol. The van der Waals surface area contributed by atoms with Crippen molar-refractivity contribution in [2.45, 2.75) is 6.42 Å². The van der Waals surface area contributed by atoms with Crippen LogP contribution in [0.2, 0.25) is 0 Å². The lowest BCUT2D eigenvalue weighted by Crippen LogP contribution is -2.04. The number of benzene rings is 2. The molecular weight excluding hydrogens is 320 g/mol. The molecule has 0 amide bonds. The Balaban J connectivity index is 1.81. The number of hydrogen-bond acceptors (Lipinski definition) is 5. The molecule has 7 nitrogen and oxygen atoms in total. The maximum Gasteiger partial charge on any atom is 0.269 e. The first-order valence-corrected chi connectivity index (χ1v) is 7.92. The summed E-state index contributed by atoms with van der Waals surface area (Å²) in [5, 5.41) is 19.0. The van der Waals surface area contributed by atoms with Gasteiger partial charge in [-0.05, 0) is 30.7 Å². The van der Waals surface area contributed by atoms with Crippen LogP contribution in [0.1, 0.15) is 5.56 Å². The van der Waals surface area contributed by atoms with E-state index in [0.717, 1.165) is 47.0 Å². The number of non-ortho nitro benzene ring substituents is 1. The second-order valence-electron chi connectivity index (χ2n) is 5.77. The van der Waals surface area contributed by atoms with Gasteiger partial charge in [-0.2, -0.15) is 5.10 Å². The Morgan fingerprint density at radius 3 is 2.76 bits per heavy atom. The van der Waals surface area contributed by atoms with Crippen LogP contribution in [0.4, 0.5) is 11.5 Å². The molecule has 1 N–H and O–H groups in total. The molecule has 0 saturated carbocycles. The summed E-state index contributed by atoms with van der Waals surface area (Å²) in [5.74, 6) is 1.72. The van der Waals surface area contributed by atoms with Crippen molar-refractivity contribution in [3.8, 4) is 22.7 Å². The van der Waals surface area contributed by atoms with Crippen LogP contribution in [0.25, 0.3) is 16.9 Å². The summed E-state index contributed by atoms with van der Waals surface area (Å²) >= 11 is 0. The van der Waals surface area contributed by atoms with Gasteiger partial charge in [0.1, 0.15) is 11.6 Å². The first kappa shape index (κ1) is 15.2. The van der Waals surface area contributed by atoms with Gasteiger partial charge >= 0.3 is 0 Å². The van der Waals surface area contributed by atoms with Crippen LogP contribution in [0.5, 0.6) is 5.75 Å². The normalized spacial score (nSPS) is 12.5. The van der Waals surface area contributed by atoms with Crippen molar-refractivity contribution in [3.63, 3.8) is 0 Å². The van der Waals surface area contributed by atoms with Gasteiger partial charge in [0, 0.05) is 29.8 Å². The van der Waals surface area contributed by atoms with E-state index in [0.29, 0.717) is 0 Å². The minimum atomic E-state index is -0.406. The van der Waals surface area contributed by atoms with Crippen molar-refractivity contribution in [2.75, 3.05) is 19.0 Å². The van der Waals surface area contributed by atoms with Gasteiger partial charge in [-0.1, -0.05) is 12.1 Å². The molecule has 0 radical (unpaired) electrons. The van der Waals surface area contributed by atoms with Crippen molar-refractivity contribution in [1.82, 2.24) is 9.78 Å². The van der Waals surface area contributed by atoms with E-state index in [9.17, 15) is 10.1 Å². The topological polar surface area (TPSA) is 82.2 Å². The minimum Gasteiger partial charge on any atom is -0.497 e. The third-order valence-corrected chi connectivity index (χ3v) is 4.30. The lowest BCUT2D eigenvalue weighted by Gasteiger charge is -2.06. The standard InChI is InChI=1S/C18H16N4O3/c1-25-15-4-2-3-12(11-15)17-16-9-10-19-18(16)21(20-17)13-5-7-14(8-6-13)22(23)24/h2-8,11,19H,9-10H2,1H3. The summed E-state index contributed by atoms with van der Waals surface area (Å²) in [5.41, 5.74) is 3.88. The Morgan fingerprint density at radius 2 is 2.04 bits per heavy atom. The molecule has 0 spiro atoms. The van der Waals surface area contributed by atoms with Gasteiger partial charge in [0.15, 0.2) is 0 Å². The van der Waals surface area contributed by atoms with Crippen LogP contribution in [0, 0.1) is 10.1 Å². The molecule has 0 atom stereocenters. The maximum atomic E-state index is 10.8. The average Bonchev–Trinajstić information content (AvgIpc) is 3.24. The summed E-state index contributed by atoms with van der Waals surface area (Å²) in [7, 11) is 1.64. The second kappa shape index (κ2) is 5.94. The summed E-state index contributed by atoms with van der Waals surface area (Å²) in [4.78, 5) is 10.4. The zero-order valence-electron chi connectivity index (χ0n) is 13.6. The van der Waals surface area contributed by atoms with E-state index in [1.165, 1.54) is 12.1 Å². The van der Waals surface area contributed by atoms with Crippen LogP contribution in [0.15, 0.2) is 48.5 Å². The van der Waals surface area contributed by atoms with Crippen molar-refractivity contribution in [1.29, 1.82) is 0 Å². The SMILES string of the molecule is COc1cccc(-c2nn(-c3ccc([N+](=O)[O-])cc3)c3c2CCN3)c1. The van der Waals surface area contributed by atoms with Crippen LogP contribution in [-0.4, -0.2) is 28.4 Å². The predicted octanol–water partition coefficient (Wildman–Crippen LogP) is 3.42. The molecule has 4 rings (SSSR count). The summed E-state index contributed by atoms with van der Waals surface area (Å²) in [6.07, 6.45) is 0.884. The summed E-state index contributed by atoms with van der Waals surface area (Å²) in [6.45, 7) is 0.844. The Hall–Kier alpha value is -3.35. The number of fused-ring (bicyclic) bond motifs is 1. The molecule has 0 unspecified atom stereocenters. The zero-order valence-corrected chi connectivity index (χ0v) is 13.6. The second-order valence-corrected chi connectivity index (χ2v) is 5.77. The Morgan fingerprint density at radius 1 is 1.24 bits per heavy atom. The van der Waals surface area contributed by atoms with E-state index in [2.05, 4.69) is 5.32 Å². The molecule has 0 saturated heterocycles. The van der Waals surface area contributed by atoms with Crippen molar-refractivity contribution in [3.05, 3.63) is 64.2 Å². The van der Waals surface area contributed by atoms with Crippen molar-refractivity contribution < 1.29 is 9.66 Å². The molecule has 7 heteroatoms. The number of nitro benzene ring substituents is 1. The number of aromatic nitrogens is 2. The van der Waals surface area contributed by atoms with Gasteiger partial charge in [0.05, 0.1) is 23.4 Å². The van der Waals surface area contributed by atoms with Gasteiger partial charge in [-0.3, -0.25) is 10.1 Å². The number of nitrogens with zero attached hydrogens (tertiary/aromatic N) is 3. The lowest BCUT2D eigenvalue weighted by atomic mass is 10.1. The number of nitrogens with one attached hydrogen (secondary N) is 1. The van der Waals surface area contributed by atoms with Crippen LogP contribution < -0.4 is 10.1 Å². The molecule has 126 valence electrons. The van der Waals surface area contributed by atoms with E-state index >= 15 is 0 Å². The van der Waals surface area contributed by atoms with Crippen LogP contribution in [0.3, 0.4) is 0 Å². The van der Waals surface area contributed by atoms with E-state index < -0.39 is 4.92 Å². The highest BCUT2D eigenvalue weighted by molar-refractivity contribution is 5.73. The first-order valence-electron chi connectivity index (χ1n) is 7.92. The maximum absolute atomic E-state index is 10.8. The highest BCUT2D eigenvalue weighted by Crippen LogP contribution is 2.35. The molecule has 1 aliphatic heterocycles. The molecule has 25 heavy (non-hydrogen) atoms. The van der Waals surface area contributed by atoms with Gasteiger partial charge in [-0.25, -0.2) is 4.68 Å². The van der Waals surface area contributed by atoms with Gasteiger partial charge < -0.3 is 10.1 Å². The highest BCUT2D eigenvalue weighted by Gasteiger charge is 2.24. The molecule has 2 aromatic carbocycles. The fraction of sp³-hybridized carbons (Fsp3) is 0.167. The third kappa shape index (κ3) is 2.59. The number of nitro groups is 1. The lowest BCUT2D eigenvalue weighted by molar-refractivity contribution is -0.384. The molecule has 3 aromatic rings. The number of anilines is 1. The number of hydrogen-bond donors (Lipinski definition) is 1. The molecule has 0 aliphatic carbocycles. The highest BCUT2D eigenvalue weighted by atomic mass is 16.6. The van der Waals surface area contributed by atoms with Crippen LogP contribution >= 0.6 is 0 Å². The molecule has 0 fully saturated rings. The quantitative estimate of drug-likeness (QED) is 0.583. The van der Waals surface area contributed by atoms with E-state index in [-0.39, 0.29) is 5.69 Å². The van der Waals surface area contributed by atoms with Gasteiger partial charge in [-0.15, -0.1) is 0 Å². The molecule has 1 aromatic heterocycles. The number of methoxy groups -OCH3 is 1. The molecule has 1 aliphatic rings. The van der Waals surface area contributed by atoms with Gasteiger partial charge in [0.25, 0.3) is 5.69 Å². The Labute approximate surface area is 144 Å². The average molecular weight is 336 g/mol. The fourth-order valence-electron chi connectivity index (χ4n) is 3.08. The fourth-order valence-corrected chi connectivity index (χ4v) is 3.08. The number of rotatable bonds is 4. The van der Waals surface area contributed by atoms with E-state index in [1.807, 2.05) is 24.3 Å².